The fraction of sp³-hybridized carbons (Fsp3) is 0. The Morgan fingerprint density at radius 2 is 0.837 bits per heavy atom. The number of aromatic nitrogens is 3. The fourth-order valence-electron chi connectivity index (χ4n) is 7.97. The van der Waals surface area contributed by atoms with Gasteiger partial charge in [0, 0.05) is 49.8 Å². The predicted octanol–water partition coefficient (Wildman–Crippen LogP) is 10.8. The lowest BCUT2D eigenvalue weighted by molar-refractivity contribution is 1.13. The van der Waals surface area contributed by atoms with E-state index in [9.17, 15) is 5.26 Å². The van der Waals surface area contributed by atoms with Crippen molar-refractivity contribution in [3.63, 3.8) is 0 Å². The molecule has 0 radical (unpaired) electrons. The predicted molar refractivity (Wildman–Crippen MR) is 202 cm³/mol. The molecule has 228 valence electrons. The molecule has 0 aliphatic rings. The average Bonchev–Trinajstić information content (AvgIpc) is 3.79. The minimum absolute atomic E-state index is 0.462. The van der Waals surface area contributed by atoms with Crippen LogP contribution in [0.15, 0.2) is 152 Å². The number of nitrogens with zero attached hydrogens (tertiary/aromatic N) is 4. The van der Waals surface area contributed by atoms with Crippen molar-refractivity contribution in [1.82, 2.24) is 13.7 Å². The van der Waals surface area contributed by atoms with Crippen LogP contribution in [0, 0.1) is 16.7 Å². The summed E-state index contributed by atoms with van der Waals surface area (Å²) in [6.45, 7) is 0. The molecule has 0 aliphatic heterocycles. The lowest BCUT2D eigenvalue weighted by Crippen LogP contribution is -2.06. The van der Waals surface area contributed by atoms with Gasteiger partial charge in [-0.25, -0.2) is 0 Å². The Hall–Kier alpha value is -6.90. The van der Waals surface area contributed by atoms with Gasteiger partial charge in [-0.3, -0.25) is 0 Å². The van der Waals surface area contributed by atoms with Gasteiger partial charge in [-0.2, -0.15) is 5.26 Å². The summed E-state index contributed by atoms with van der Waals surface area (Å²) in [5, 5.41) is 26.4. The van der Waals surface area contributed by atoms with Gasteiger partial charge in [0.25, 0.3) is 0 Å². The molecule has 0 unspecified atom stereocenters. The number of para-hydroxylation sites is 5. The van der Waals surface area contributed by atoms with Gasteiger partial charge < -0.3 is 19.1 Å². The van der Waals surface area contributed by atoms with E-state index in [1.54, 1.807) is 0 Å². The zero-order valence-electron chi connectivity index (χ0n) is 26.3. The van der Waals surface area contributed by atoms with Crippen LogP contribution < -0.4 is 0 Å². The summed E-state index contributed by atoms with van der Waals surface area (Å²) < 4.78 is 6.73. The quantitative estimate of drug-likeness (QED) is 0.194. The molecule has 7 aromatic carbocycles. The zero-order valence-corrected chi connectivity index (χ0v) is 26.3. The summed E-state index contributed by atoms with van der Waals surface area (Å²) in [6, 6.07) is 55.3. The lowest BCUT2D eigenvalue weighted by atomic mass is 10.0. The molecule has 0 fully saturated rings. The number of benzene rings is 7. The van der Waals surface area contributed by atoms with Crippen LogP contribution in [-0.4, -0.2) is 19.9 Å². The van der Waals surface area contributed by atoms with Crippen molar-refractivity contribution in [3.05, 3.63) is 163 Å². The number of nitriles is 1. The van der Waals surface area contributed by atoms with E-state index in [1.165, 1.54) is 11.6 Å². The Bertz CT molecular complexity index is 2970. The van der Waals surface area contributed by atoms with E-state index in [4.69, 9.17) is 5.41 Å². The van der Waals surface area contributed by atoms with E-state index in [0.717, 1.165) is 77.1 Å². The van der Waals surface area contributed by atoms with Gasteiger partial charge >= 0.3 is 0 Å². The number of hydrogen-bond donors (Lipinski definition) is 1. The van der Waals surface area contributed by atoms with E-state index in [0.29, 0.717) is 11.1 Å². The van der Waals surface area contributed by atoms with Crippen molar-refractivity contribution in [1.29, 1.82) is 10.7 Å². The summed E-state index contributed by atoms with van der Waals surface area (Å²) in [6.07, 6.45) is 1.33. The highest BCUT2D eigenvalue weighted by molar-refractivity contribution is 6.19. The molecule has 0 atom stereocenters. The first-order valence-corrected chi connectivity index (χ1v) is 16.3. The molecule has 1 N–H and O–H groups in total. The van der Waals surface area contributed by atoms with Crippen molar-refractivity contribution in [2.24, 2.45) is 0 Å². The van der Waals surface area contributed by atoms with Crippen LogP contribution >= 0.6 is 0 Å². The molecule has 10 aromatic rings. The normalized spacial score (nSPS) is 11.7. The minimum Gasteiger partial charge on any atom is -0.309 e. The maximum atomic E-state index is 10.9. The van der Waals surface area contributed by atoms with Crippen LogP contribution in [0.4, 0.5) is 0 Å². The van der Waals surface area contributed by atoms with E-state index in [1.807, 2.05) is 30.3 Å². The fourth-order valence-corrected chi connectivity index (χ4v) is 7.97. The van der Waals surface area contributed by atoms with Crippen molar-refractivity contribution >= 4 is 71.6 Å². The van der Waals surface area contributed by atoms with Gasteiger partial charge in [0.05, 0.1) is 50.0 Å². The Morgan fingerprint density at radius 3 is 1.35 bits per heavy atom. The SMILES string of the molecule is N#Cc1c(-n2c3ccccc3c3cc4c(cc32)c2ccccc2n4-c2ccccc2)ccc(-n2c3ccccc3c3ccccc32)c1C=N. The van der Waals surface area contributed by atoms with Gasteiger partial charge in [-0.05, 0) is 60.7 Å². The molecule has 49 heavy (non-hydrogen) atoms. The van der Waals surface area contributed by atoms with Gasteiger partial charge in [0.1, 0.15) is 6.07 Å². The van der Waals surface area contributed by atoms with Crippen molar-refractivity contribution in [3.8, 4) is 23.1 Å². The van der Waals surface area contributed by atoms with Gasteiger partial charge in [-0.15, -0.1) is 0 Å². The van der Waals surface area contributed by atoms with Gasteiger partial charge in [-0.1, -0.05) is 91.0 Å². The van der Waals surface area contributed by atoms with E-state index >= 15 is 0 Å². The van der Waals surface area contributed by atoms with Crippen LogP contribution in [0.2, 0.25) is 0 Å². The second kappa shape index (κ2) is 10.3. The first-order valence-electron chi connectivity index (χ1n) is 16.3. The molecular weight excluding hydrogens is 599 g/mol. The molecule has 0 aliphatic carbocycles. The molecular formula is C44H27N5. The molecule has 0 amide bonds. The molecule has 0 spiro atoms. The summed E-state index contributed by atoms with van der Waals surface area (Å²) in [5.74, 6) is 0. The Balaban J connectivity index is 1.31. The third-order valence-electron chi connectivity index (χ3n) is 10.00. The second-order valence-corrected chi connectivity index (χ2v) is 12.4. The first-order chi connectivity index (χ1) is 24.3. The topological polar surface area (TPSA) is 62.4 Å². The number of fused-ring (bicyclic) bond motifs is 9. The average molecular weight is 626 g/mol. The molecule has 5 heteroatoms. The third-order valence-corrected chi connectivity index (χ3v) is 10.00. The van der Waals surface area contributed by atoms with Crippen LogP contribution in [0.3, 0.4) is 0 Å². The van der Waals surface area contributed by atoms with Crippen LogP contribution in [-0.2, 0) is 0 Å². The minimum atomic E-state index is 0.462. The van der Waals surface area contributed by atoms with Crippen molar-refractivity contribution in [2.45, 2.75) is 0 Å². The highest BCUT2D eigenvalue weighted by Gasteiger charge is 2.23. The zero-order chi connectivity index (χ0) is 32.6. The van der Waals surface area contributed by atoms with Crippen LogP contribution in [0.5, 0.6) is 0 Å². The Morgan fingerprint density at radius 1 is 0.429 bits per heavy atom. The Kier molecular flexibility index (Phi) is 5.73. The summed E-state index contributed by atoms with van der Waals surface area (Å²) in [5.41, 5.74) is 10.1. The summed E-state index contributed by atoms with van der Waals surface area (Å²) in [4.78, 5) is 0. The third kappa shape index (κ3) is 3.71. The molecule has 0 bridgehead atoms. The standard InChI is InChI=1S/C44H27N5/c45-26-35-36(27-46)42(23-22-41(35)48-38-19-9-4-14-29(38)30-15-5-10-20-39(30)48)49-40-21-11-7-17-32(40)34-24-43-33(25-44(34)49)31-16-6-8-18-37(31)47(43)28-12-2-1-3-13-28/h1-26,45H. The number of rotatable bonds is 4. The van der Waals surface area contributed by atoms with Gasteiger partial charge in [0.15, 0.2) is 0 Å². The summed E-state index contributed by atoms with van der Waals surface area (Å²) in [7, 11) is 0. The lowest BCUT2D eigenvalue weighted by Gasteiger charge is -2.17. The molecule has 5 nitrogen and oxygen atoms in total. The smallest absolute Gasteiger partial charge is 0.102 e. The molecule has 0 saturated carbocycles. The maximum Gasteiger partial charge on any atom is 0.102 e. The molecule has 10 rings (SSSR count). The monoisotopic (exact) mass is 625 g/mol. The van der Waals surface area contributed by atoms with E-state index in [-0.39, 0.29) is 0 Å². The largest absolute Gasteiger partial charge is 0.309 e. The van der Waals surface area contributed by atoms with Crippen molar-refractivity contribution < 1.29 is 0 Å². The first kappa shape index (κ1) is 27.2. The molecule has 3 aromatic heterocycles. The second-order valence-electron chi connectivity index (χ2n) is 12.4. The summed E-state index contributed by atoms with van der Waals surface area (Å²) >= 11 is 0. The highest BCUT2D eigenvalue weighted by atomic mass is 15.0. The maximum absolute atomic E-state index is 10.9. The number of hydrogen-bond acceptors (Lipinski definition) is 2. The van der Waals surface area contributed by atoms with Crippen LogP contribution in [0.25, 0.3) is 82.5 Å². The van der Waals surface area contributed by atoms with Gasteiger partial charge in [0.2, 0.25) is 0 Å². The number of nitrogens with one attached hydrogen (secondary N) is 1. The van der Waals surface area contributed by atoms with E-state index in [2.05, 4.69) is 141 Å². The van der Waals surface area contributed by atoms with E-state index < -0.39 is 0 Å². The van der Waals surface area contributed by atoms with Crippen LogP contribution in [0.1, 0.15) is 11.1 Å². The Labute approximate surface area is 281 Å². The molecule has 0 saturated heterocycles. The molecule has 3 heterocycles. The highest BCUT2D eigenvalue weighted by Crippen LogP contribution is 2.41. The van der Waals surface area contributed by atoms with Crippen molar-refractivity contribution in [2.75, 3.05) is 0 Å².